The van der Waals surface area contributed by atoms with E-state index >= 15 is 0 Å². The van der Waals surface area contributed by atoms with Crippen LogP contribution in [0.5, 0.6) is 0 Å². The molecule has 2 unspecified atom stereocenters. The van der Waals surface area contributed by atoms with Gasteiger partial charge in [0.15, 0.2) is 0 Å². The first-order chi connectivity index (χ1) is 10.1. The van der Waals surface area contributed by atoms with E-state index in [1.54, 1.807) is 0 Å². The summed E-state index contributed by atoms with van der Waals surface area (Å²) >= 11 is 3.79. The zero-order chi connectivity index (χ0) is 15.4. The van der Waals surface area contributed by atoms with Crippen LogP contribution < -0.4 is 10.2 Å². The molecule has 21 heavy (non-hydrogen) atoms. The van der Waals surface area contributed by atoms with Crippen molar-refractivity contribution < 1.29 is 0 Å². The van der Waals surface area contributed by atoms with Crippen LogP contribution in [0.2, 0.25) is 0 Å². The number of likely N-dealkylation sites (N-methyl/N-ethyl adjacent to an activating group) is 1. The number of rotatable bonds is 4. The van der Waals surface area contributed by atoms with E-state index in [1.165, 1.54) is 35.1 Å². The van der Waals surface area contributed by atoms with Crippen LogP contribution in [0.4, 0.5) is 5.69 Å². The molecule has 118 valence electrons. The quantitative estimate of drug-likeness (QED) is 0.891. The fourth-order valence-electron chi connectivity index (χ4n) is 3.10. The Morgan fingerprint density at radius 1 is 1.38 bits per heavy atom. The van der Waals surface area contributed by atoms with Crippen LogP contribution in [0.3, 0.4) is 0 Å². The molecule has 1 heterocycles. The van der Waals surface area contributed by atoms with Crippen LogP contribution >= 0.6 is 15.9 Å². The maximum atomic E-state index is 3.79. The molecular formula is C17H28BrN3. The van der Waals surface area contributed by atoms with Gasteiger partial charge in [-0.25, -0.2) is 0 Å². The maximum Gasteiger partial charge on any atom is 0.0513 e. The average molecular weight is 354 g/mol. The molecule has 0 saturated carbocycles. The van der Waals surface area contributed by atoms with Crippen LogP contribution in [0.1, 0.15) is 38.3 Å². The molecule has 4 heteroatoms. The Morgan fingerprint density at radius 3 is 2.76 bits per heavy atom. The first kappa shape index (κ1) is 16.8. The van der Waals surface area contributed by atoms with E-state index in [-0.39, 0.29) is 0 Å². The molecule has 0 amide bonds. The second kappa shape index (κ2) is 7.61. The largest absolute Gasteiger partial charge is 0.366 e. The molecule has 0 spiro atoms. The van der Waals surface area contributed by atoms with Gasteiger partial charge in [0.1, 0.15) is 0 Å². The average Bonchev–Trinajstić information content (AvgIpc) is 2.67. The van der Waals surface area contributed by atoms with Gasteiger partial charge in [0.05, 0.1) is 5.69 Å². The molecule has 0 aliphatic carbocycles. The smallest absolute Gasteiger partial charge is 0.0513 e. The summed E-state index contributed by atoms with van der Waals surface area (Å²) in [5.74, 6) is 0. The van der Waals surface area contributed by atoms with E-state index in [2.05, 4.69) is 70.1 Å². The normalized spacial score (nSPS) is 22.1. The van der Waals surface area contributed by atoms with Gasteiger partial charge in [-0.1, -0.05) is 13.0 Å². The molecule has 1 aliphatic heterocycles. The first-order valence-electron chi connectivity index (χ1n) is 7.98. The van der Waals surface area contributed by atoms with E-state index in [9.17, 15) is 0 Å². The standard InChI is InChI=1S/C17H28BrN3/c1-5-15-12-20(4)9-6-10-21(15)17-8-7-14(11-16(17)18)13(2)19-3/h7-8,11,13,15,19H,5-6,9-10,12H2,1-4H3. The molecule has 1 aromatic carbocycles. The van der Waals surface area contributed by atoms with Crippen molar-refractivity contribution in [2.75, 3.05) is 38.6 Å². The Hall–Kier alpha value is -0.580. The highest BCUT2D eigenvalue weighted by atomic mass is 79.9. The molecule has 2 atom stereocenters. The molecule has 3 nitrogen and oxygen atoms in total. The molecule has 1 fully saturated rings. The third kappa shape index (κ3) is 3.99. The van der Waals surface area contributed by atoms with Crippen molar-refractivity contribution in [3.05, 3.63) is 28.2 Å². The maximum absolute atomic E-state index is 3.79. The fraction of sp³-hybridized carbons (Fsp3) is 0.647. The van der Waals surface area contributed by atoms with Crippen LogP contribution in [-0.2, 0) is 0 Å². The van der Waals surface area contributed by atoms with E-state index < -0.39 is 0 Å². The number of nitrogens with one attached hydrogen (secondary N) is 1. The van der Waals surface area contributed by atoms with E-state index in [0.29, 0.717) is 12.1 Å². The Morgan fingerprint density at radius 2 is 2.14 bits per heavy atom. The monoisotopic (exact) mass is 353 g/mol. The predicted octanol–water partition coefficient (Wildman–Crippen LogP) is 3.65. The molecule has 0 radical (unpaired) electrons. The van der Waals surface area contributed by atoms with Gasteiger partial charge in [-0.3, -0.25) is 0 Å². The zero-order valence-electron chi connectivity index (χ0n) is 13.7. The molecule has 1 aliphatic rings. The van der Waals surface area contributed by atoms with Gasteiger partial charge in [0, 0.05) is 29.6 Å². The van der Waals surface area contributed by atoms with Gasteiger partial charge in [-0.2, -0.15) is 0 Å². The highest BCUT2D eigenvalue weighted by molar-refractivity contribution is 9.10. The van der Waals surface area contributed by atoms with Gasteiger partial charge in [0.2, 0.25) is 0 Å². The summed E-state index contributed by atoms with van der Waals surface area (Å²) in [5, 5.41) is 3.30. The number of benzene rings is 1. The highest BCUT2D eigenvalue weighted by Gasteiger charge is 2.23. The number of hydrogen-bond donors (Lipinski definition) is 1. The molecule has 1 saturated heterocycles. The van der Waals surface area contributed by atoms with Gasteiger partial charge in [0.25, 0.3) is 0 Å². The topological polar surface area (TPSA) is 18.5 Å². The summed E-state index contributed by atoms with van der Waals surface area (Å²) in [7, 11) is 4.24. The number of anilines is 1. The van der Waals surface area contributed by atoms with Crippen molar-refractivity contribution in [3.63, 3.8) is 0 Å². The Kier molecular flexibility index (Phi) is 6.08. The highest BCUT2D eigenvalue weighted by Crippen LogP contribution is 2.32. The summed E-state index contributed by atoms with van der Waals surface area (Å²) in [6, 6.07) is 7.77. The Labute approximate surface area is 137 Å². The second-order valence-electron chi connectivity index (χ2n) is 6.09. The summed E-state index contributed by atoms with van der Waals surface area (Å²) < 4.78 is 1.21. The molecule has 0 aromatic heterocycles. The van der Waals surface area contributed by atoms with Crippen molar-refractivity contribution in [1.29, 1.82) is 0 Å². The van der Waals surface area contributed by atoms with Crippen molar-refractivity contribution in [3.8, 4) is 0 Å². The minimum Gasteiger partial charge on any atom is -0.366 e. The van der Waals surface area contributed by atoms with Crippen LogP contribution in [0.15, 0.2) is 22.7 Å². The third-order valence-electron chi connectivity index (χ3n) is 4.59. The Bertz CT molecular complexity index is 463. The minimum absolute atomic E-state index is 0.382. The minimum atomic E-state index is 0.382. The van der Waals surface area contributed by atoms with Crippen molar-refractivity contribution in [2.45, 2.75) is 38.8 Å². The van der Waals surface area contributed by atoms with E-state index in [1.807, 2.05) is 7.05 Å². The van der Waals surface area contributed by atoms with Crippen molar-refractivity contribution in [1.82, 2.24) is 10.2 Å². The van der Waals surface area contributed by atoms with E-state index in [4.69, 9.17) is 0 Å². The van der Waals surface area contributed by atoms with Gasteiger partial charge in [-0.15, -0.1) is 0 Å². The van der Waals surface area contributed by atoms with Crippen LogP contribution in [0, 0.1) is 0 Å². The lowest BCUT2D eigenvalue weighted by molar-refractivity contribution is 0.328. The van der Waals surface area contributed by atoms with E-state index in [0.717, 1.165) is 13.1 Å². The van der Waals surface area contributed by atoms with Crippen LogP contribution in [-0.4, -0.2) is 44.7 Å². The number of nitrogens with zero attached hydrogens (tertiary/aromatic N) is 2. The summed E-state index contributed by atoms with van der Waals surface area (Å²) in [6.45, 7) is 7.97. The molecule has 0 bridgehead atoms. The molecule has 1 N–H and O–H groups in total. The summed E-state index contributed by atoms with van der Waals surface area (Å²) in [6.07, 6.45) is 2.42. The zero-order valence-corrected chi connectivity index (χ0v) is 15.3. The van der Waals surface area contributed by atoms with Crippen molar-refractivity contribution in [2.24, 2.45) is 0 Å². The van der Waals surface area contributed by atoms with Crippen LogP contribution in [0.25, 0.3) is 0 Å². The Balaban J connectivity index is 2.26. The first-order valence-corrected chi connectivity index (χ1v) is 8.78. The SMILES string of the molecule is CCC1CN(C)CCCN1c1ccc(C(C)NC)cc1Br. The predicted molar refractivity (Wildman–Crippen MR) is 95.2 cm³/mol. The van der Waals surface area contributed by atoms with Gasteiger partial charge >= 0.3 is 0 Å². The van der Waals surface area contributed by atoms with Crippen molar-refractivity contribution >= 4 is 21.6 Å². The van der Waals surface area contributed by atoms with Gasteiger partial charge < -0.3 is 15.1 Å². The lowest BCUT2D eigenvalue weighted by Crippen LogP contribution is -2.40. The molecular weight excluding hydrogens is 326 g/mol. The molecule has 2 rings (SSSR count). The number of hydrogen-bond acceptors (Lipinski definition) is 3. The van der Waals surface area contributed by atoms with Gasteiger partial charge in [-0.05, 0) is 74.0 Å². The summed E-state index contributed by atoms with van der Waals surface area (Å²) in [4.78, 5) is 5.04. The number of halogens is 1. The fourth-order valence-corrected chi connectivity index (χ4v) is 3.73. The molecule has 1 aromatic rings. The lowest BCUT2D eigenvalue weighted by Gasteiger charge is -2.33. The third-order valence-corrected chi connectivity index (χ3v) is 5.22. The lowest BCUT2D eigenvalue weighted by atomic mass is 10.1. The second-order valence-corrected chi connectivity index (χ2v) is 6.95. The summed E-state index contributed by atoms with van der Waals surface area (Å²) in [5.41, 5.74) is 2.66.